The van der Waals surface area contributed by atoms with Crippen LogP contribution in [0.4, 0.5) is 0 Å². The van der Waals surface area contributed by atoms with E-state index in [4.69, 9.17) is 33.2 Å². The summed E-state index contributed by atoms with van der Waals surface area (Å²) in [6.45, 7) is -2.32. The molecule has 0 radical (unpaired) electrons. The molecule has 0 spiro atoms. The van der Waals surface area contributed by atoms with Gasteiger partial charge in [-0.25, -0.2) is 19.2 Å². The molecule has 22 N–H and O–H groups in total. The quantitative estimate of drug-likeness (QED) is 0.0382. The van der Waals surface area contributed by atoms with E-state index in [-0.39, 0.29) is 0 Å². The highest BCUT2D eigenvalue weighted by molar-refractivity contribution is 5.79. The van der Waals surface area contributed by atoms with Gasteiger partial charge in [0.05, 0.1) is 75.0 Å². The number of carbonyl (C=O) groups excluding carboxylic acids is 4. The van der Waals surface area contributed by atoms with E-state index in [1.807, 2.05) is 0 Å². The van der Waals surface area contributed by atoms with Crippen molar-refractivity contribution in [3.8, 4) is 0 Å². The Balaban J connectivity index is 1.78. The van der Waals surface area contributed by atoms with Crippen molar-refractivity contribution in [2.24, 2.45) is 0 Å². The Morgan fingerprint density at radius 3 is 0.889 bits per heavy atom. The van der Waals surface area contributed by atoms with E-state index < -0.39 is 245 Å². The third-order valence-corrected chi connectivity index (χ3v) is 13.7. The number of carboxylic acid groups (broad SMARTS) is 4. The molecular weight excluding hydrogens is 1110 g/mol. The van der Waals surface area contributed by atoms with E-state index in [2.05, 4.69) is 21.3 Å². The average molecular weight is 1180 g/mol. The summed E-state index contributed by atoms with van der Waals surface area (Å²) in [4.78, 5) is 101. The van der Waals surface area contributed by atoms with E-state index in [0.29, 0.717) is 0 Å². The molecule has 4 saturated heterocycles. The summed E-state index contributed by atoms with van der Waals surface area (Å²) in [7, 11) is 0. The van der Waals surface area contributed by atoms with Crippen LogP contribution in [-0.4, -0.2) is 311 Å². The van der Waals surface area contributed by atoms with Crippen molar-refractivity contribution >= 4 is 47.5 Å². The fraction of sp³-hybridized carbons (Fsp3) is 0.818. The first-order chi connectivity index (χ1) is 37.5. The van der Waals surface area contributed by atoms with Crippen molar-refractivity contribution in [1.29, 1.82) is 0 Å². The second kappa shape index (κ2) is 27.5. The number of carboxylic acids is 4. The van der Waals surface area contributed by atoms with E-state index in [1.54, 1.807) is 0 Å². The standard InChI is InChI=1S/C44H70N4O33/c1-13(53)45-25-17(57)5-41(74,37(66)67)78-34(25)30(63)22(10-50)75-43(39(70)71)7-19(59)27(47-15(3)55)36(80-43)32(65)24(12-52)77-44(40(72)73)8-20(60)28(48-16(4)56)35(81-44)31(64)23(11-51)76-42(38(68)69)6-18(58)26(46-14(2)54)33(79-42)29(62)21(61)9-49/h17-36,49-52,57-65,74H,5-12H2,1-4H3,(H,45,53)(H,46,54)(H,47,55)(H,48,56)(H,66,67)(H,68,69)(H,70,71)(H,72,73). The molecular formula is C44H70N4O33. The zero-order chi connectivity index (χ0) is 61.6. The fourth-order valence-corrected chi connectivity index (χ4v) is 9.91. The predicted molar refractivity (Wildman–Crippen MR) is 249 cm³/mol. The molecule has 464 valence electrons. The second-order valence-corrected chi connectivity index (χ2v) is 19.8. The molecule has 81 heavy (non-hydrogen) atoms. The number of amides is 4. The minimum Gasteiger partial charge on any atom is -0.477 e. The molecule has 4 aliphatic heterocycles. The van der Waals surface area contributed by atoms with Gasteiger partial charge in [0.25, 0.3) is 23.1 Å². The van der Waals surface area contributed by atoms with Gasteiger partial charge in [-0.3, -0.25) is 19.2 Å². The number of carbonyl (C=O) groups is 8. The molecule has 0 saturated carbocycles. The molecule has 24 unspecified atom stereocenters. The number of aliphatic hydroxyl groups excluding tert-OH is 13. The molecule has 4 fully saturated rings. The Morgan fingerprint density at radius 1 is 0.420 bits per heavy atom. The van der Waals surface area contributed by atoms with Gasteiger partial charge in [0, 0.05) is 53.4 Å². The lowest BCUT2D eigenvalue weighted by Gasteiger charge is -2.51. The minimum absolute atomic E-state index is 0.843. The first kappa shape index (κ1) is 68.4. The molecule has 0 aliphatic carbocycles. The number of hydrogen-bond acceptors (Lipinski definition) is 29. The summed E-state index contributed by atoms with van der Waals surface area (Å²) in [6, 6.07) is -7.66. The zero-order valence-electron chi connectivity index (χ0n) is 43.4. The highest BCUT2D eigenvalue weighted by atomic mass is 16.8. The highest BCUT2D eigenvalue weighted by Crippen LogP contribution is 2.41. The highest BCUT2D eigenvalue weighted by Gasteiger charge is 2.63. The van der Waals surface area contributed by atoms with E-state index in [9.17, 15) is 130 Å². The van der Waals surface area contributed by atoms with Crippen LogP contribution < -0.4 is 21.3 Å². The SMILES string of the molecule is CC(=O)NC1C(O)CC(OC(CO)C(O)C2OC(OC(CO)C(O)C3OC(OC(CO)C(O)C4OC(O)(C(=O)O)CC(O)C4NC(C)=O)(C(=O)O)CC(O)C3NC(C)=O)(C(=O)O)CC(O)C2NC(C)=O)(C(=O)O)OC1C(O)C(O)CO. The molecule has 0 bridgehead atoms. The number of hydrogen-bond donors (Lipinski definition) is 22. The number of nitrogens with one attached hydrogen (secondary N) is 4. The van der Waals surface area contributed by atoms with Gasteiger partial charge in [0.15, 0.2) is 0 Å². The number of aliphatic hydroxyl groups is 14. The van der Waals surface area contributed by atoms with Gasteiger partial charge < -0.3 is 146 Å². The van der Waals surface area contributed by atoms with Crippen molar-refractivity contribution in [3.05, 3.63) is 0 Å². The van der Waals surface area contributed by atoms with Gasteiger partial charge >= 0.3 is 23.9 Å². The van der Waals surface area contributed by atoms with E-state index in [0.717, 1.165) is 27.7 Å². The lowest BCUT2D eigenvalue weighted by Crippen LogP contribution is -2.72. The van der Waals surface area contributed by atoms with E-state index >= 15 is 0 Å². The van der Waals surface area contributed by atoms with Gasteiger partial charge in [-0.1, -0.05) is 0 Å². The van der Waals surface area contributed by atoms with Crippen molar-refractivity contribution in [2.45, 2.75) is 198 Å². The Morgan fingerprint density at radius 2 is 0.667 bits per heavy atom. The maximum absolute atomic E-state index is 13.4. The van der Waals surface area contributed by atoms with Crippen molar-refractivity contribution in [2.75, 3.05) is 26.4 Å². The molecule has 24 atom stereocenters. The van der Waals surface area contributed by atoms with Crippen LogP contribution in [-0.2, 0) is 71.5 Å². The minimum atomic E-state index is -3.55. The van der Waals surface area contributed by atoms with Gasteiger partial charge in [0.1, 0.15) is 73.2 Å². The van der Waals surface area contributed by atoms with Gasteiger partial charge in [-0.2, -0.15) is 0 Å². The van der Waals surface area contributed by atoms with Crippen LogP contribution in [0, 0.1) is 0 Å². The van der Waals surface area contributed by atoms with E-state index in [1.165, 1.54) is 0 Å². The summed E-state index contributed by atoms with van der Waals surface area (Å²) in [6.07, 6.45) is -43.4. The molecule has 4 heterocycles. The van der Waals surface area contributed by atoms with Crippen molar-refractivity contribution < 1.29 is 163 Å². The number of rotatable bonds is 26. The summed E-state index contributed by atoms with van der Waals surface area (Å²) in [5.41, 5.74) is 0. The van der Waals surface area contributed by atoms with Gasteiger partial charge in [0.2, 0.25) is 23.6 Å². The molecule has 4 amide bonds. The predicted octanol–water partition coefficient (Wildman–Crippen LogP) is -12.4. The van der Waals surface area contributed by atoms with Crippen LogP contribution in [0.15, 0.2) is 0 Å². The lowest BCUT2D eigenvalue weighted by atomic mass is 9.86. The summed E-state index contributed by atoms with van der Waals surface area (Å²) in [5.74, 6) is -26.5. The van der Waals surface area contributed by atoms with Crippen molar-refractivity contribution in [3.63, 3.8) is 0 Å². The zero-order valence-corrected chi connectivity index (χ0v) is 43.4. The van der Waals surface area contributed by atoms with Crippen LogP contribution in [0.25, 0.3) is 0 Å². The normalized spacial score (nSPS) is 37.4. The smallest absolute Gasteiger partial charge is 0.364 e. The van der Waals surface area contributed by atoms with Crippen LogP contribution in [0.3, 0.4) is 0 Å². The third-order valence-electron chi connectivity index (χ3n) is 13.7. The molecule has 0 aromatic heterocycles. The fourth-order valence-electron chi connectivity index (χ4n) is 9.91. The Hall–Kier alpha value is -5.08. The third kappa shape index (κ3) is 15.2. The number of ether oxygens (including phenoxy) is 7. The Bertz CT molecular complexity index is 2250. The molecule has 0 aromatic rings. The molecule has 37 heteroatoms. The van der Waals surface area contributed by atoms with Crippen molar-refractivity contribution in [1.82, 2.24) is 21.3 Å². The van der Waals surface area contributed by atoms with Gasteiger partial charge in [-0.15, -0.1) is 0 Å². The lowest BCUT2D eigenvalue weighted by molar-refractivity contribution is -0.361. The van der Waals surface area contributed by atoms with Crippen LogP contribution in [0.1, 0.15) is 53.4 Å². The second-order valence-electron chi connectivity index (χ2n) is 19.8. The van der Waals surface area contributed by atoms with Gasteiger partial charge in [-0.05, 0) is 0 Å². The Kier molecular flexibility index (Phi) is 23.3. The molecule has 37 nitrogen and oxygen atoms in total. The first-order valence-electron chi connectivity index (χ1n) is 24.6. The van der Waals surface area contributed by atoms with Crippen LogP contribution in [0.2, 0.25) is 0 Å². The molecule has 4 aliphatic rings. The average Bonchev–Trinajstić information content (AvgIpc) is 3.43. The molecule has 0 aromatic carbocycles. The summed E-state index contributed by atoms with van der Waals surface area (Å²) < 4.78 is 38.8. The Labute approximate surface area is 456 Å². The first-order valence-corrected chi connectivity index (χ1v) is 24.6. The topological polar surface area (TPSA) is 613 Å². The number of aliphatic carboxylic acids is 4. The summed E-state index contributed by atoms with van der Waals surface area (Å²) >= 11 is 0. The summed E-state index contributed by atoms with van der Waals surface area (Å²) in [5, 5.41) is 204. The monoisotopic (exact) mass is 1180 g/mol. The maximum atomic E-state index is 13.4. The van der Waals surface area contributed by atoms with Crippen LogP contribution >= 0.6 is 0 Å². The maximum Gasteiger partial charge on any atom is 0.364 e. The largest absolute Gasteiger partial charge is 0.477 e. The van der Waals surface area contributed by atoms with Crippen LogP contribution in [0.5, 0.6) is 0 Å². The molecule has 4 rings (SSSR count).